The molecule has 0 unspecified atom stereocenters. The van der Waals surface area contributed by atoms with E-state index < -0.39 is 0 Å². The molecule has 2 aromatic rings. The maximum atomic E-state index is 9.12. The first-order valence-electron chi connectivity index (χ1n) is 5.82. The van der Waals surface area contributed by atoms with Gasteiger partial charge in [0.2, 0.25) is 0 Å². The van der Waals surface area contributed by atoms with E-state index in [9.17, 15) is 0 Å². The number of ether oxygens (including phenoxy) is 1. The zero-order valence-electron chi connectivity index (χ0n) is 10.6. The fourth-order valence-electron chi connectivity index (χ4n) is 1.65. The monoisotopic (exact) mass is 270 g/mol. The molecule has 2 aromatic carbocycles. The zero-order valence-corrected chi connectivity index (χ0v) is 11.4. The highest BCUT2D eigenvalue weighted by Gasteiger charge is 2.05. The van der Waals surface area contributed by atoms with Crippen LogP contribution in [0.2, 0.25) is 0 Å². The molecule has 0 radical (unpaired) electrons. The molecule has 0 spiro atoms. The van der Waals surface area contributed by atoms with Crippen molar-refractivity contribution in [3.05, 3.63) is 53.6 Å². The zero-order chi connectivity index (χ0) is 13.7. The highest BCUT2D eigenvalue weighted by atomic mass is 32.2. The summed E-state index contributed by atoms with van der Waals surface area (Å²) in [7, 11) is 0. The summed E-state index contributed by atoms with van der Waals surface area (Å²) in [6.45, 7) is 0.414. The van der Waals surface area contributed by atoms with Crippen molar-refractivity contribution in [2.24, 2.45) is 5.73 Å². The second kappa shape index (κ2) is 6.28. The van der Waals surface area contributed by atoms with Gasteiger partial charge in [-0.15, -0.1) is 11.8 Å². The molecule has 4 heteroatoms. The molecule has 2 N–H and O–H groups in total. The Hall–Kier alpha value is -1.96. The summed E-state index contributed by atoms with van der Waals surface area (Å²) in [5.41, 5.74) is 6.97. The SMILES string of the molecule is CSc1ccc(Oc2ccc(CN)cc2C#N)cc1. The van der Waals surface area contributed by atoms with Gasteiger partial charge in [0.05, 0.1) is 5.56 Å². The lowest BCUT2D eigenvalue weighted by Crippen LogP contribution is -1.97. The van der Waals surface area contributed by atoms with Crippen LogP contribution in [0.5, 0.6) is 11.5 Å². The van der Waals surface area contributed by atoms with E-state index in [1.807, 2.05) is 36.6 Å². The molecule has 0 aliphatic carbocycles. The molecule has 0 aliphatic rings. The van der Waals surface area contributed by atoms with Gasteiger partial charge in [0.1, 0.15) is 17.6 Å². The molecule has 0 fully saturated rings. The number of rotatable bonds is 4. The molecule has 3 nitrogen and oxygen atoms in total. The first kappa shape index (κ1) is 13.5. The highest BCUT2D eigenvalue weighted by Crippen LogP contribution is 2.27. The maximum absolute atomic E-state index is 9.12. The van der Waals surface area contributed by atoms with Crippen molar-refractivity contribution in [3.63, 3.8) is 0 Å². The summed E-state index contributed by atoms with van der Waals surface area (Å²) in [6, 6.07) is 15.3. The van der Waals surface area contributed by atoms with Crippen LogP contribution in [-0.4, -0.2) is 6.26 Å². The lowest BCUT2D eigenvalue weighted by Gasteiger charge is -2.09. The van der Waals surface area contributed by atoms with Crippen molar-refractivity contribution in [2.45, 2.75) is 11.4 Å². The lowest BCUT2D eigenvalue weighted by molar-refractivity contribution is 0.480. The molecular formula is C15H14N2OS. The van der Waals surface area contributed by atoms with Crippen molar-refractivity contribution in [1.29, 1.82) is 5.26 Å². The number of nitrogens with two attached hydrogens (primary N) is 1. The third-order valence-corrected chi connectivity index (χ3v) is 3.43. The van der Waals surface area contributed by atoms with Crippen LogP contribution in [-0.2, 0) is 6.54 Å². The van der Waals surface area contributed by atoms with Gasteiger partial charge in [-0.3, -0.25) is 0 Å². The Kier molecular flexibility index (Phi) is 4.45. The van der Waals surface area contributed by atoms with E-state index in [1.165, 1.54) is 4.90 Å². The normalized spacial score (nSPS) is 9.95. The molecule has 0 saturated carbocycles. The van der Waals surface area contributed by atoms with E-state index in [4.69, 9.17) is 15.7 Å². The lowest BCUT2D eigenvalue weighted by atomic mass is 10.1. The number of thioether (sulfide) groups is 1. The molecule has 0 amide bonds. The Balaban J connectivity index is 2.25. The Bertz CT molecular complexity index is 603. The first-order chi connectivity index (χ1) is 9.26. The largest absolute Gasteiger partial charge is 0.456 e. The summed E-state index contributed by atoms with van der Waals surface area (Å²) in [5.74, 6) is 1.27. The Labute approximate surface area is 117 Å². The Morgan fingerprint density at radius 2 is 1.95 bits per heavy atom. The van der Waals surface area contributed by atoms with Gasteiger partial charge in [0, 0.05) is 11.4 Å². The Morgan fingerprint density at radius 1 is 1.21 bits per heavy atom. The van der Waals surface area contributed by atoms with Gasteiger partial charge < -0.3 is 10.5 Å². The minimum atomic E-state index is 0.414. The smallest absolute Gasteiger partial charge is 0.145 e. The topological polar surface area (TPSA) is 59.0 Å². The fourth-order valence-corrected chi connectivity index (χ4v) is 2.06. The number of nitrogens with zero attached hydrogens (tertiary/aromatic N) is 1. The number of hydrogen-bond donors (Lipinski definition) is 1. The minimum absolute atomic E-state index is 0.414. The van der Waals surface area contributed by atoms with Crippen LogP contribution in [0.25, 0.3) is 0 Å². The predicted octanol–water partition coefficient (Wildman–Crippen LogP) is 3.53. The summed E-state index contributed by atoms with van der Waals surface area (Å²) in [4.78, 5) is 1.17. The molecule has 19 heavy (non-hydrogen) atoms. The van der Waals surface area contributed by atoms with Gasteiger partial charge >= 0.3 is 0 Å². The van der Waals surface area contributed by atoms with Gasteiger partial charge in [-0.25, -0.2) is 0 Å². The van der Waals surface area contributed by atoms with Crippen LogP contribution in [0.4, 0.5) is 0 Å². The van der Waals surface area contributed by atoms with E-state index in [0.29, 0.717) is 17.9 Å². The van der Waals surface area contributed by atoms with E-state index in [-0.39, 0.29) is 0 Å². The average molecular weight is 270 g/mol. The summed E-state index contributed by atoms with van der Waals surface area (Å²) in [5, 5.41) is 9.12. The number of benzene rings is 2. The van der Waals surface area contributed by atoms with Gasteiger partial charge in [-0.05, 0) is 48.2 Å². The van der Waals surface area contributed by atoms with Gasteiger partial charge in [0.15, 0.2) is 0 Å². The van der Waals surface area contributed by atoms with Gasteiger partial charge in [-0.2, -0.15) is 5.26 Å². The van der Waals surface area contributed by atoms with Gasteiger partial charge in [0.25, 0.3) is 0 Å². The molecule has 0 atom stereocenters. The highest BCUT2D eigenvalue weighted by molar-refractivity contribution is 7.98. The fraction of sp³-hybridized carbons (Fsp3) is 0.133. The second-order valence-electron chi connectivity index (χ2n) is 3.92. The number of nitriles is 1. The molecule has 0 heterocycles. The van der Waals surface area contributed by atoms with E-state index >= 15 is 0 Å². The van der Waals surface area contributed by atoms with Crippen LogP contribution in [0.3, 0.4) is 0 Å². The summed E-state index contributed by atoms with van der Waals surface area (Å²) in [6.07, 6.45) is 2.02. The third kappa shape index (κ3) is 3.28. The Morgan fingerprint density at radius 3 is 2.53 bits per heavy atom. The van der Waals surface area contributed by atoms with Crippen molar-refractivity contribution in [1.82, 2.24) is 0 Å². The average Bonchev–Trinajstić information content (AvgIpc) is 2.48. The van der Waals surface area contributed by atoms with Crippen molar-refractivity contribution < 1.29 is 4.74 Å². The van der Waals surface area contributed by atoms with Crippen molar-refractivity contribution in [3.8, 4) is 17.6 Å². The molecule has 0 bridgehead atoms. The minimum Gasteiger partial charge on any atom is -0.456 e. The third-order valence-electron chi connectivity index (χ3n) is 2.69. The first-order valence-corrected chi connectivity index (χ1v) is 7.04. The summed E-state index contributed by atoms with van der Waals surface area (Å²) >= 11 is 1.67. The molecule has 0 saturated heterocycles. The molecule has 96 valence electrons. The van der Waals surface area contributed by atoms with Crippen LogP contribution in [0.15, 0.2) is 47.4 Å². The van der Waals surface area contributed by atoms with E-state index in [1.54, 1.807) is 23.9 Å². The van der Waals surface area contributed by atoms with Crippen LogP contribution < -0.4 is 10.5 Å². The van der Waals surface area contributed by atoms with Crippen molar-refractivity contribution >= 4 is 11.8 Å². The predicted molar refractivity (Wildman–Crippen MR) is 77.3 cm³/mol. The number of hydrogen-bond acceptors (Lipinski definition) is 4. The van der Waals surface area contributed by atoms with Gasteiger partial charge in [-0.1, -0.05) is 6.07 Å². The quantitative estimate of drug-likeness (QED) is 0.863. The molecule has 2 rings (SSSR count). The van der Waals surface area contributed by atoms with Crippen LogP contribution >= 0.6 is 11.8 Å². The van der Waals surface area contributed by atoms with Crippen LogP contribution in [0.1, 0.15) is 11.1 Å². The second-order valence-corrected chi connectivity index (χ2v) is 4.80. The molecule has 0 aliphatic heterocycles. The van der Waals surface area contributed by atoms with E-state index in [2.05, 4.69) is 6.07 Å². The maximum Gasteiger partial charge on any atom is 0.145 e. The summed E-state index contributed by atoms with van der Waals surface area (Å²) < 4.78 is 5.73. The van der Waals surface area contributed by atoms with E-state index in [0.717, 1.165) is 11.3 Å². The van der Waals surface area contributed by atoms with Crippen LogP contribution in [0, 0.1) is 11.3 Å². The standard InChI is InChI=1S/C15H14N2OS/c1-19-14-5-3-13(4-6-14)18-15-7-2-11(9-16)8-12(15)10-17/h2-8H,9,16H2,1H3. The molecular weight excluding hydrogens is 256 g/mol. The molecule has 0 aromatic heterocycles. The van der Waals surface area contributed by atoms with Crippen molar-refractivity contribution in [2.75, 3.05) is 6.26 Å².